The number of halogens is 1. The van der Waals surface area contributed by atoms with Gasteiger partial charge in [0.15, 0.2) is 0 Å². The number of nitrogens with one attached hydrogen (secondary N) is 1. The Morgan fingerprint density at radius 2 is 1.91 bits per heavy atom. The predicted octanol–water partition coefficient (Wildman–Crippen LogP) is 3.45. The normalized spacial score (nSPS) is 17.4. The first-order valence-electron chi connectivity index (χ1n) is 7.56. The van der Waals surface area contributed by atoms with E-state index in [0.717, 1.165) is 36.9 Å². The Bertz CT molecular complexity index is 739. The SMILES string of the molecule is O=S(=O)(NC1CCN(Cc2ccccc2Br)CC1)c1cccs1. The Balaban J connectivity index is 1.54. The third-order valence-electron chi connectivity index (χ3n) is 4.02. The Hall–Kier alpha value is -0.730. The molecular formula is C16H19BrN2O2S2. The van der Waals surface area contributed by atoms with Gasteiger partial charge in [0.2, 0.25) is 10.0 Å². The number of hydrogen-bond acceptors (Lipinski definition) is 4. The van der Waals surface area contributed by atoms with Gasteiger partial charge in [-0.05, 0) is 35.9 Å². The molecule has 0 radical (unpaired) electrons. The van der Waals surface area contributed by atoms with Crippen molar-refractivity contribution < 1.29 is 8.42 Å². The topological polar surface area (TPSA) is 49.4 Å². The fourth-order valence-electron chi connectivity index (χ4n) is 2.77. The molecule has 1 aromatic carbocycles. The van der Waals surface area contributed by atoms with Gasteiger partial charge in [-0.3, -0.25) is 4.90 Å². The molecular weight excluding hydrogens is 396 g/mol. The van der Waals surface area contributed by atoms with Gasteiger partial charge in [-0.25, -0.2) is 13.1 Å². The number of hydrogen-bond donors (Lipinski definition) is 1. The van der Waals surface area contributed by atoms with E-state index in [4.69, 9.17) is 0 Å². The minimum absolute atomic E-state index is 0.0255. The molecule has 0 aliphatic carbocycles. The molecule has 2 aromatic rings. The first-order chi connectivity index (χ1) is 11.0. The molecule has 7 heteroatoms. The van der Waals surface area contributed by atoms with Crippen LogP contribution < -0.4 is 4.72 Å². The quantitative estimate of drug-likeness (QED) is 0.814. The highest BCUT2D eigenvalue weighted by Crippen LogP contribution is 2.22. The molecule has 2 heterocycles. The van der Waals surface area contributed by atoms with Gasteiger partial charge in [0.25, 0.3) is 0 Å². The van der Waals surface area contributed by atoms with Crippen molar-refractivity contribution in [3.63, 3.8) is 0 Å². The number of sulfonamides is 1. The molecule has 1 aliphatic heterocycles. The van der Waals surface area contributed by atoms with Crippen molar-refractivity contribution in [1.82, 2.24) is 9.62 Å². The van der Waals surface area contributed by atoms with Crippen LogP contribution >= 0.6 is 27.3 Å². The van der Waals surface area contributed by atoms with E-state index in [1.807, 2.05) is 12.1 Å². The molecule has 124 valence electrons. The first-order valence-corrected chi connectivity index (χ1v) is 10.7. The molecule has 0 saturated carbocycles. The lowest BCUT2D eigenvalue weighted by Crippen LogP contribution is -2.44. The summed E-state index contributed by atoms with van der Waals surface area (Å²) in [5, 5.41) is 1.79. The zero-order valence-corrected chi connectivity index (χ0v) is 15.8. The molecule has 1 N–H and O–H groups in total. The van der Waals surface area contributed by atoms with Crippen LogP contribution in [0.4, 0.5) is 0 Å². The van der Waals surface area contributed by atoms with E-state index in [1.54, 1.807) is 17.5 Å². The minimum atomic E-state index is -3.36. The van der Waals surface area contributed by atoms with Crippen molar-refractivity contribution in [2.24, 2.45) is 0 Å². The van der Waals surface area contributed by atoms with Crippen molar-refractivity contribution in [1.29, 1.82) is 0 Å². The fraction of sp³-hybridized carbons (Fsp3) is 0.375. The third kappa shape index (κ3) is 4.42. The minimum Gasteiger partial charge on any atom is -0.299 e. The summed E-state index contributed by atoms with van der Waals surface area (Å²) in [6, 6.07) is 11.7. The monoisotopic (exact) mass is 414 g/mol. The van der Waals surface area contributed by atoms with Crippen LogP contribution in [0.3, 0.4) is 0 Å². The van der Waals surface area contributed by atoms with Crippen molar-refractivity contribution >= 4 is 37.3 Å². The van der Waals surface area contributed by atoms with Crippen LogP contribution in [0, 0.1) is 0 Å². The average Bonchev–Trinajstić information content (AvgIpc) is 3.06. The van der Waals surface area contributed by atoms with Crippen LogP contribution in [0.5, 0.6) is 0 Å². The van der Waals surface area contributed by atoms with Gasteiger partial charge in [0.1, 0.15) is 4.21 Å². The van der Waals surface area contributed by atoms with Crippen molar-refractivity contribution in [2.75, 3.05) is 13.1 Å². The maximum absolute atomic E-state index is 12.3. The molecule has 1 saturated heterocycles. The summed E-state index contributed by atoms with van der Waals surface area (Å²) >= 11 is 4.84. The van der Waals surface area contributed by atoms with Gasteiger partial charge >= 0.3 is 0 Å². The summed E-state index contributed by atoms with van der Waals surface area (Å²) in [6.45, 7) is 2.70. The fourth-order valence-corrected chi connectivity index (χ4v) is 5.50. The Morgan fingerprint density at radius 3 is 2.57 bits per heavy atom. The van der Waals surface area contributed by atoms with Crippen molar-refractivity contribution in [3.05, 3.63) is 51.8 Å². The highest BCUT2D eigenvalue weighted by Gasteiger charge is 2.25. The van der Waals surface area contributed by atoms with Gasteiger partial charge in [-0.2, -0.15) is 0 Å². The van der Waals surface area contributed by atoms with Crippen LogP contribution in [0.1, 0.15) is 18.4 Å². The van der Waals surface area contributed by atoms with E-state index in [2.05, 4.69) is 37.7 Å². The van der Waals surface area contributed by atoms with Crippen LogP contribution in [-0.4, -0.2) is 32.4 Å². The standard InChI is InChI=1S/C16H19BrN2O2S2/c17-15-5-2-1-4-13(15)12-19-9-7-14(8-10-19)18-23(20,21)16-6-3-11-22-16/h1-6,11,14,18H,7-10,12H2. The molecule has 23 heavy (non-hydrogen) atoms. The van der Waals surface area contributed by atoms with Gasteiger partial charge in [0, 0.05) is 30.1 Å². The van der Waals surface area contributed by atoms with E-state index in [9.17, 15) is 8.42 Å². The van der Waals surface area contributed by atoms with Crippen molar-refractivity contribution in [3.8, 4) is 0 Å². The molecule has 0 atom stereocenters. The van der Waals surface area contributed by atoms with E-state index in [1.165, 1.54) is 16.9 Å². The van der Waals surface area contributed by atoms with Gasteiger partial charge < -0.3 is 0 Å². The Labute approximate surface area is 149 Å². The number of rotatable bonds is 5. The molecule has 0 bridgehead atoms. The van der Waals surface area contributed by atoms with E-state index >= 15 is 0 Å². The van der Waals surface area contributed by atoms with E-state index in [-0.39, 0.29) is 6.04 Å². The Morgan fingerprint density at radius 1 is 1.17 bits per heavy atom. The van der Waals surface area contributed by atoms with E-state index in [0.29, 0.717) is 4.21 Å². The summed E-state index contributed by atoms with van der Waals surface area (Å²) < 4.78 is 28.9. The zero-order chi connectivity index (χ0) is 16.3. The van der Waals surface area contributed by atoms with Crippen LogP contribution in [0.25, 0.3) is 0 Å². The lowest BCUT2D eigenvalue weighted by atomic mass is 10.1. The smallest absolute Gasteiger partial charge is 0.250 e. The summed E-state index contributed by atoms with van der Waals surface area (Å²) in [5.41, 5.74) is 1.27. The predicted molar refractivity (Wildman–Crippen MR) is 97.1 cm³/mol. The second-order valence-electron chi connectivity index (χ2n) is 5.70. The third-order valence-corrected chi connectivity index (χ3v) is 7.71. The largest absolute Gasteiger partial charge is 0.299 e. The Kier molecular flexibility index (Phi) is 5.53. The molecule has 3 rings (SSSR count). The highest BCUT2D eigenvalue weighted by molar-refractivity contribution is 9.10. The maximum Gasteiger partial charge on any atom is 0.250 e. The number of likely N-dealkylation sites (tertiary alicyclic amines) is 1. The summed E-state index contributed by atoms with van der Waals surface area (Å²) in [7, 11) is -3.36. The zero-order valence-electron chi connectivity index (χ0n) is 12.6. The molecule has 4 nitrogen and oxygen atoms in total. The summed E-state index contributed by atoms with van der Waals surface area (Å²) in [6.07, 6.45) is 1.68. The average molecular weight is 415 g/mol. The summed E-state index contributed by atoms with van der Waals surface area (Å²) in [5.74, 6) is 0. The van der Waals surface area contributed by atoms with Crippen LogP contribution in [0.2, 0.25) is 0 Å². The second kappa shape index (κ2) is 7.44. The molecule has 1 aliphatic rings. The molecule has 0 amide bonds. The summed E-state index contributed by atoms with van der Waals surface area (Å²) in [4.78, 5) is 2.37. The van der Waals surface area contributed by atoms with Gasteiger partial charge in [-0.15, -0.1) is 11.3 Å². The van der Waals surface area contributed by atoms with Crippen LogP contribution in [-0.2, 0) is 16.6 Å². The molecule has 0 unspecified atom stereocenters. The molecule has 1 fully saturated rings. The number of benzene rings is 1. The van der Waals surface area contributed by atoms with Gasteiger partial charge in [0.05, 0.1) is 0 Å². The number of piperidine rings is 1. The first kappa shape index (κ1) is 17.1. The number of nitrogens with zero attached hydrogens (tertiary/aromatic N) is 1. The molecule has 1 aromatic heterocycles. The van der Waals surface area contributed by atoms with E-state index < -0.39 is 10.0 Å². The van der Waals surface area contributed by atoms with Gasteiger partial charge in [-0.1, -0.05) is 40.2 Å². The van der Waals surface area contributed by atoms with Crippen molar-refractivity contribution in [2.45, 2.75) is 29.6 Å². The maximum atomic E-state index is 12.3. The number of thiophene rings is 1. The molecule has 0 spiro atoms. The second-order valence-corrected chi connectivity index (χ2v) is 9.44. The van der Waals surface area contributed by atoms with Crippen LogP contribution in [0.15, 0.2) is 50.5 Å². The highest BCUT2D eigenvalue weighted by atomic mass is 79.9. The lowest BCUT2D eigenvalue weighted by molar-refractivity contribution is 0.199. The lowest BCUT2D eigenvalue weighted by Gasteiger charge is -2.32.